The van der Waals surface area contributed by atoms with Crippen molar-refractivity contribution in [2.45, 2.75) is 43.9 Å². The molecular formula is C20H23N3O3S2. The van der Waals surface area contributed by atoms with E-state index in [0.29, 0.717) is 22.7 Å². The molecule has 0 aliphatic heterocycles. The van der Waals surface area contributed by atoms with Gasteiger partial charge in [-0.1, -0.05) is 13.3 Å². The van der Waals surface area contributed by atoms with Crippen LogP contribution >= 0.6 is 11.3 Å². The average Bonchev–Trinajstić information content (AvgIpc) is 3.26. The minimum Gasteiger partial charge on any atom is -0.312 e. The van der Waals surface area contributed by atoms with Crippen molar-refractivity contribution < 1.29 is 13.2 Å². The molecule has 0 saturated carbocycles. The Morgan fingerprint density at radius 3 is 2.64 bits per heavy atom. The fourth-order valence-electron chi connectivity index (χ4n) is 3.25. The third-order valence-electron chi connectivity index (χ3n) is 4.91. The van der Waals surface area contributed by atoms with Gasteiger partial charge in [0.25, 0.3) is 5.91 Å². The minimum atomic E-state index is -3.56. The van der Waals surface area contributed by atoms with Crippen LogP contribution in [0.15, 0.2) is 29.2 Å². The van der Waals surface area contributed by atoms with Gasteiger partial charge in [-0.2, -0.15) is 5.26 Å². The first-order valence-corrected chi connectivity index (χ1v) is 11.6. The topological polar surface area (TPSA) is 90.3 Å². The minimum absolute atomic E-state index is 0.162. The molecule has 1 amide bonds. The van der Waals surface area contributed by atoms with E-state index in [2.05, 4.69) is 11.4 Å². The summed E-state index contributed by atoms with van der Waals surface area (Å²) in [4.78, 5) is 13.9. The van der Waals surface area contributed by atoms with Crippen LogP contribution in [0.4, 0.5) is 5.00 Å². The number of nitriles is 1. The van der Waals surface area contributed by atoms with Gasteiger partial charge in [0, 0.05) is 24.0 Å². The van der Waals surface area contributed by atoms with Crippen LogP contribution in [0.25, 0.3) is 0 Å². The van der Waals surface area contributed by atoms with Crippen LogP contribution in [-0.4, -0.2) is 32.2 Å². The maximum atomic E-state index is 12.6. The summed E-state index contributed by atoms with van der Waals surface area (Å²) in [7, 11) is -2.00. The largest absolute Gasteiger partial charge is 0.312 e. The number of carbonyl (C=O) groups is 1. The molecular weight excluding hydrogens is 394 g/mol. The highest BCUT2D eigenvalue weighted by Crippen LogP contribution is 2.38. The monoisotopic (exact) mass is 417 g/mol. The maximum Gasteiger partial charge on any atom is 0.256 e. The molecule has 2 aromatic rings. The standard InChI is InChI=1S/C20H23N3O3S2/c1-3-4-12-23(2)28(25,26)15-10-8-14(9-11-15)19(24)22-20-17(13-21)16-6-5-7-18(16)27-20/h8-11H,3-7,12H2,1-2H3,(H,22,24). The molecule has 0 spiro atoms. The number of anilines is 1. The predicted octanol–water partition coefficient (Wildman–Crippen LogP) is 3.78. The molecule has 0 fully saturated rings. The average molecular weight is 418 g/mol. The summed E-state index contributed by atoms with van der Waals surface area (Å²) in [6.45, 7) is 2.47. The van der Waals surface area contributed by atoms with Crippen LogP contribution in [0.1, 0.15) is 52.5 Å². The Kier molecular flexibility index (Phi) is 6.18. The molecule has 28 heavy (non-hydrogen) atoms. The van der Waals surface area contributed by atoms with E-state index in [1.54, 1.807) is 7.05 Å². The number of rotatable bonds is 7. The number of benzene rings is 1. The molecule has 148 valence electrons. The first-order valence-electron chi connectivity index (χ1n) is 9.31. The van der Waals surface area contributed by atoms with E-state index < -0.39 is 10.0 Å². The molecule has 1 aliphatic carbocycles. The fourth-order valence-corrected chi connectivity index (χ4v) is 5.69. The van der Waals surface area contributed by atoms with Gasteiger partial charge >= 0.3 is 0 Å². The highest BCUT2D eigenvalue weighted by molar-refractivity contribution is 7.89. The highest BCUT2D eigenvalue weighted by Gasteiger charge is 2.24. The van der Waals surface area contributed by atoms with Gasteiger partial charge in [-0.15, -0.1) is 11.3 Å². The Bertz CT molecular complexity index is 1020. The second kappa shape index (κ2) is 8.43. The number of aryl methyl sites for hydroxylation is 1. The first kappa shape index (κ1) is 20.5. The molecule has 0 saturated heterocycles. The van der Waals surface area contributed by atoms with Crippen molar-refractivity contribution in [2.75, 3.05) is 18.9 Å². The lowest BCUT2D eigenvalue weighted by molar-refractivity contribution is 0.102. The number of fused-ring (bicyclic) bond motifs is 1. The molecule has 3 rings (SSSR count). The zero-order chi connectivity index (χ0) is 20.3. The van der Waals surface area contributed by atoms with Crippen LogP contribution in [0, 0.1) is 11.3 Å². The van der Waals surface area contributed by atoms with Crippen LogP contribution in [-0.2, 0) is 22.9 Å². The van der Waals surface area contributed by atoms with Crippen LogP contribution in [0.2, 0.25) is 0 Å². The van der Waals surface area contributed by atoms with Gasteiger partial charge in [0.2, 0.25) is 10.0 Å². The third-order valence-corrected chi connectivity index (χ3v) is 7.99. The summed E-state index contributed by atoms with van der Waals surface area (Å²) in [5.41, 5.74) is 1.97. The second-order valence-corrected chi connectivity index (χ2v) is 9.98. The van der Waals surface area contributed by atoms with Gasteiger partial charge in [-0.25, -0.2) is 12.7 Å². The van der Waals surface area contributed by atoms with E-state index in [1.165, 1.54) is 44.8 Å². The number of hydrogen-bond acceptors (Lipinski definition) is 5. The van der Waals surface area contributed by atoms with Gasteiger partial charge in [-0.3, -0.25) is 4.79 Å². The molecule has 0 radical (unpaired) electrons. The lowest BCUT2D eigenvalue weighted by Gasteiger charge is -2.16. The lowest BCUT2D eigenvalue weighted by Crippen LogP contribution is -2.28. The first-order chi connectivity index (χ1) is 13.4. The van der Waals surface area contributed by atoms with E-state index >= 15 is 0 Å². The molecule has 1 aliphatic rings. The summed E-state index contributed by atoms with van der Waals surface area (Å²) < 4.78 is 26.5. The van der Waals surface area contributed by atoms with Crippen molar-refractivity contribution in [1.29, 1.82) is 5.26 Å². The fraction of sp³-hybridized carbons (Fsp3) is 0.400. The van der Waals surface area contributed by atoms with E-state index in [0.717, 1.165) is 37.7 Å². The SMILES string of the molecule is CCCCN(C)S(=O)(=O)c1ccc(C(=O)Nc2sc3c(c2C#N)CCC3)cc1. The zero-order valence-corrected chi connectivity index (χ0v) is 17.6. The summed E-state index contributed by atoms with van der Waals surface area (Å²) >= 11 is 1.46. The van der Waals surface area contributed by atoms with E-state index in [-0.39, 0.29) is 10.8 Å². The Balaban J connectivity index is 1.75. The molecule has 1 N–H and O–H groups in total. The van der Waals surface area contributed by atoms with Crippen molar-refractivity contribution in [3.8, 4) is 6.07 Å². The van der Waals surface area contributed by atoms with Gasteiger partial charge in [0.05, 0.1) is 10.5 Å². The molecule has 8 heteroatoms. The smallest absolute Gasteiger partial charge is 0.256 e. The maximum absolute atomic E-state index is 12.6. The predicted molar refractivity (Wildman–Crippen MR) is 110 cm³/mol. The normalized spacial score (nSPS) is 13.4. The summed E-state index contributed by atoms with van der Waals surface area (Å²) in [5, 5.41) is 12.8. The van der Waals surface area contributed by atoms with Crippen molar-refractivity contribution in [1.82, 2.24) is 4.31 Å². The number of nitrogens with one attached hydrogen (secondary N) is 1. The van der Waals surface area contributed by atoms with E-state index in [4.69, 9.17) is 0 Å². The van der Waals surface area contributed by atoms with Crippen molar-refractivity contribution in [3.05, 3.63) is 45.8 Å². The third kappa shape index (κ3) is 3.97. The number of hydrogen-bond donors (Lipinski definition) is 1. The van der Waals surface area contributed by atoms with Crippen molar-refractivity contribution in [3.63, 3.8) is 0 Å². The molecule has 1 aromatic carbocycles. The number of amides is 1. The summed E-state index contributed by atoms with van der Waals surface area (Å²) in [5.74, 6) is -0.347. The van der Waals surface area contributed by atoms with Crippen molar-refractivity contribution in [2.24, 2.45) is 0 Å². The molecule has 1 aromatic heterocycles. The molecule has 6 nitrogen and oxygen atoms in total. The van der Waals surface area contributed by atoms with Gasteiger partial charge in [0.15, 0.2) is 0 Å². The Morgan fingerprint density at radius 2 is 2.00 bits per heavy atom. The van der Waals surface area contributed by atoms with Crippen LogP contribution in [0.5, 0.6) is 0 Å². The van der Waals surface area contributed by atoms with E-state index in [1.807, 2.05) is 6.92 Å². The van der Waals surface area contributed by atoms with Crippen molar-refractivity contribution >= 4 is 32.3 Å². The number of nitrogens with zero attached hydrogens (tertiary/aromatic N) is 2. The van der Waals surface area contributed by atoms with Gasteiger partial charge < -0.3 is 5.32 Å². The number of carbonyl (C=O) groups excluding carboxylic acids is 1. The summed E-state index contributed by atoms with van der Waals surface area (Å²) in [6, 6.07) is 8.11. The Labute approximate surface area is 169 Å². The van der Waals surface area contributed by atoms with Gasteiger partial charge in [-0.05, 0) is 55.5 Å². The Morgan fingerprint density at radius 1 is 1.29 bits per heavy atom. The molecule has 0 bridgehead atoms. The number of sulfonamides is 1. The number of unbranched alkanes of at least 4 members (excludes halogenated alkanes) is 1. The van der Waals surface area contributed by atoms with Gasteiger partial charge in [0.1, 0.15) is 11.1 Å². The quantitative estimate of drug-likeness (QED) is 0.742. The molecule has 0 unspecified atom stereocenters. The van der Waals surface area contributed by atoms with E-state index in [9.17, 15) is 18.5 Å². The second-order valence-electron chi connectivity index (χ2n) is 6.83. The highest BCUT2D eigenvalue weighted by atomic mass is 32.2. The van der Waals surface area contributed by atoms with Crippen LogP contribution < -0.4 is 5.32 Å². The van der Waals surface area contributed by atoms with Crippen LogP contribution in [0.3, 0.4) is 0 Å². The number of thiophene rings is 1. The summed E-state index contributed by atoms with van der Waals surface area (Å²) in [6.07, 6.45) is 4.58. The lowest BCUT2D eigenvalue weighted by atomic mass is 10.1. The molecule has 0 atom stereocenters. The Hall–Kier alpha value is -2.21. The zero-order valence-electron chi connectivity index (χ0n) is 16.0. The molecule has 1 heterocycles.